The number of carbonyl (C=O) groups excluding carboxylic acids is 2. The van der Waals surface area contributed by atoms with Crippen LogP contribution in [-0.4, -0.2) is 76.2 Å². The number of fused-ring (bicyclic) bond motifs is 2. The normalized spacial score (nSPS) is 19.1. The highest BCUT2D eigenvalue weighted by molar-refractivity contribution is 6.32. The van der Waals surface area contributed by atoms with Gasteiger partial charge in [0.15, 0.2) is 18.2 Å². The van der Waals surface area contributed by atoms with Gasteiger partial charge in [-0.2, -0.15) is 0 Å². The number of pyridine rings is 3. The SMILES string of the molecule is COc1ccc2ncc(Cl)c(CC[C@H]3CC[C@H](NCc4ccc5c(n4)NC(=O)CO5)CN3CC(=O)OC(C)(C)C)c2n1. The zero-order valence-corrected chi connectivity index (χ0v) is 25.2. The minimum Gasteiger partial charge on any atom is -0.481 e. The van der Waals surface area contributed by atoms with Crippen molar-refractivity contribution in [3.63, 3.8) is 0 Å². The van der Waals surface area contributed by atoms with Crippen molar-refractivity contribution in [2.45, 2.75) is 70.7 Å². The summed E-state index contributed by atoms with van der Waals surface area (Å²) in [6, 6.07) is 7.67. The second-order valence-electron chi connectivity index (χ2n) is 11.7. The number of ether oxygens (including phenoxy) is 3. The number of aryl methyl sites for hydroxylation is 1. The number of rotatable bonds is 9. The van der Waals surface area contributed by atoms with Crippen LogP contribution in [0.3, 0.4) is 0 Å². The van der Waals surface area contributed by atoms with E-state index in [0.717, 1.165) is 41.6 Å². The van der Waals surface area contributed by atoms with Crippen molar-refractivity contribution in [1.29, 1.82) is 0 Å². The van der Waals surface area contributed by atoms with Crippen LogP contribution >= 0.6 is 11.6 Å². The molecule has 3 aromatic heterocycles. The van der Waals surface area contributed by atoms with E-state index in [-0.39, 0.29) is 37.1 Å². The van der Waals surface area contributed by atoms with Crippen LogP contribution in [0.4, 0.5) is 5.82 Å². The van der Waals surface area contributed by atoms with Crippen LogP contribution in [0.2, 0.25) is 5.02 Å². The van der Waals surface area contributed by atoms with E-state index in [2.05, 4.69) is 30.5 Å². The van der Waals surface area contributed by atoms with Gasteiger partial charge in [0.2, 0.25) is 5.88 Å². The lowest BCUT2D eigenvalue weighted by molar-refractivity contribution is -0.157. The van der Waals surface area contributed by atoms with Crippen molar-refractivity contribution >= 4 is 40.3 Å². The van der Waals surface area contributed by atoms with Gasteiger partial charge < -0.3 is 24.8 Å². The van der Waals surface area contributed by atoms with Gasteiger partial charge in [0.25, 0.3) is 5.91 Å². The molecule has 3 aromatic rings. The second kappa shape index (κ2) is 12.8. The van der Waals surface area contributed by atoms with E-state index in [4.69, 9.17) is 25.8 Å². The maximum Gasteiger partial charge on any atom is 0.320 e. The van der Waals surface area contributed by atoms with Crippen LogP contribution in [0, 0.1) is 0 Å². The fraction of sp³-hybridized carbons (Fsp3) is 0.500. The summed E-state index contributed by atoms with van der Waals surface area (Å²) in [6.45, 7) is 7.00. The van der Waals surface area contributed by atoms with Crippen molar-refractivity contribution in [2.75, 3.05) is 32.1 Å². The number of anilines is 1. The van der Waals surface area contributed by atoms with Crippen LogP contribution in [0.25, 0.3) is 11.0 Å². The molecule has 0 aliphatic carbocycles. The number of piperidine rings is 1. The summed E-state index contributed by atoms with van der Waals surface area (Å²) in [5, 5.41) is 6.90. The van der Waals surface area contributed by atoms with Crippen LogP contribution in [-0.2, 0) is 27.3 Å². The molecular formula is C30H37ClN6O5. The van der Waals surface area contributed by atoms with E-state index < -0.39 is 5.60 Å². The third-order valence-electron chi connectivity index (χ3n) is 7.35. The molecule has 5 rings (SSSR count). The average molecular weight is 597 g/mol. The Morgan fingerprint density at radius 3 is 2.83 bits per heavy atom. The van der Waals surface area contributed by atoms with E-state index in [0.29, 0.717) is 42.0 Å². The molecule has 2 atom stereocenters. The smallest absolute Gasteiger partial charge is 0.320 e. The Kier molecular flexibility index (Phi) is 9.10. The van der Waals surface area contributed by atoms with Gasteiger partial charge in [-0.3, -0.25) is 19.5 Å². The number of hydrogen-bond acceptors (Lipinski definition) is 10. The fourth-order valence-electron chi connectivity index (χ4n) is 5.42. The number of halogens is 1. The monoisotopic (exact) mass is 596 g/mol. The van der Waals surface area contributed by atoms with E-state index in [9.17, 15) is 9.59 Å². The minimum absolute atomic E-state index is 0.00268. The molecule has 0 spiro atoms. The number of hydrogen-bond donors (Lipinski definition) is 2. The number of methoxy groups -OCH3 is 1. The molecule has 0 unspecified atom stereocenters. The second-order valence-corrected chi connectivity index (χ2v) is 12.1. The Labute approximate surface area is 250 Å². The highest BCUT2D eigenvalue weighted by atomic mass is 35.5. The third kappa shape index (κ3) is 7.45. The van der Waals surface area contributed by atoms with Gasteiger partial charge in [-0.1, -0.05) is 11.6 Å². The van der Waals surface area contributed by atoms with E-state index in [1.807, 2.05) is 39.0 Å². The first-order valence-electron chi connectivity index (χ1n) is 14.2. The van der Waals surface area contributed by atoms with Crippen molar-refractivity contribution < 1.29 is 23.8 Å². The number of carbonyl (C=O) groups is 2. The molecule has 42 heavy (non-hydrogen) atoms. The number of likely N-dealkylation sites (tertiary alicyclic amines) is 1. The van der Waals surface area contributed by atoms with E-state index in [1.54, 1.807) is 19.4 Å². The molecule has 1 fully saturated rings. The van der Waals surface area contributed by atoms with Crippen molar-refractivity contribution in [1.82, 2.24) is 25.2 Å². The Morgan fingerprint density at radius 1 is 1.21 bits per heavy atom. The van der Waals surface area contributed by atoms with Crippen LogP contribution in [0.5, 0.6) is 11.6 Å². The number of esters is 1. The van der Waals surface area contributed by atoms with Gasteiger partial charge in [0, 0.05) is 43.0 Å². The summed E-state index contributed by atoms with van der Waals surface area (Å²) in [5.74, 6) is 1.05. The number of nitrogens with one attached hydrogen (secondary N) is 2. The average Bonchev–Trinajstić information content (AvgIpc) is 2.94. The van der Waals surface area contributed by atoms with Crippen molar-refractivity contribution in [2.24, 2.45) is 0 Å². The first-order chi connectivity index (χ1) is 20.1. The van der Waals surface area contributed by atoms with Gasteiger partial charge in [0.1, 0.15) is 5.60 Å². The van der Waals surface area contributed by atoms with E-state index in [1.165, 1.54) is 0 Å². The third-order valence-corrected chi connectivity index (χ3v) is 7.68. The molecule has 5 heterocycles. The van der Waals surface area contributed by atoms with Crippen LogP contribution in [0.15, 0.2) is 30.5 Å². The summed E-state index contributed by atoms with van der Waals surface area (Å²) in [4.78, 5) is 40.4. The molecule has 0 radical (unpaired) electrons. The molecule has 0 bridgehead atoms. The summed E-state index contributed by atoms with van der Waals surface area (Å²) in [5.41, 5.74) is 2.65. The molecule has 1 saturated heterocycles. The molecule has 2 aliphatic heterocycles. The maximum atomic E-state index is 12.9. The summed E-state index contributed by atoms with van der Waals surface area (Å²) in [6.07, 6.45) is 4.95. The lowest BCUT2D eigenvalue weighted by Gasteiger charge is -2.40. The fourth-order valence-corrected chi connectivity index (χ4v) is 5.65. The molecule has 2 N–H and O–H groups in total. The zero-order valence-electron chi connectivity index (χ0n) is 24.4. The highest BCUT2D eigenvalue weighted by Crippen LogP contribution is 2.30. The van der Waals surface area contributed by atoms with Gasteiger partial charge in [0.05, 0.1) is 35.4 Å². The van der Waals surface area contributed by atoms with Crippen molar-refractivity contribution in [3.05, 3.63) is 46.7 Å². The topological polar surface area (TPSA) is 128 Å². The molecular weight excluding hydrogens is 560 g/mol. The predicted molar refractivity (Wildman–Crippen MR) is 159 cm³/mol. The Morgan fingerprint density at radius 2 is 2.05 bits per heavy atom. The lowest BCUT2D eigenvalue weighted by atomic mass is 9.93. The molecule has 0 saturated carbocycles. The quantitative estimate of drug-likeness (QED) is 0.351. The van der Waals surface area contributed by atoms with Gasteiger partial charge >= 0.3 is 5.97 Å². The molecule has 2 aliphatic rings. The Bertz CT molecular complexity index is 1460. The van der Waals surface area contributed by atoms with Crippen LogP contribution in [0.1, 0.15) is 51.3 Å². The number of amides is 1. The molecule has 1 amide bonds. The molecule has 0 aromatic carbocycles. The first-order valence-corrected chi connectivity index (χ1v) is 14.6. The standard InChI is InChI=1S/C30H37ClN6O5/c1-30(2,3)42-27(39)16-37-15-19(32-13-18-6-11-24-29(34-18)35-25(38)17-41-24)5-7-20(37)8-9-21-22(31)14-33-23-10-12-26(40-4)36-28(21)23/h6,10-12,14,19-20,32H,5,7-9,13,15-17H2,1-4H3,(H,34,35,38)/t19-,20+/m0/s1. The highest BCUT2D eigenvalue weighted by Gasteiger charge is 2.31. The molecule has 11 nitrogen and oxygen atoms in total. The Balaban J connectivity index is 1.27. The number of nitrogens with zero attached hydrogens (tertiary/aromatic N) is 4. The van der Waals surface area contributed by atoms with Crippen LogP contribution < -0.4 is 20.1 Å². The summed E-state index contributed by atoms with van der Waals surface area (Å²) >= 11 is 6.61. The first kappa shape index (κ1) is 29.9. The molecule has 12 heteroatoms. The largest absolute Gasteiger partial charge is 0.481 e. The lowest BCUT2D eigenvalue weighted by Crippen LogP contribution is -2.52. The zero-order chi connectivity index (χ0) is 29.9. The van der Waals surface area contributed by atoms with Crippen molar-refractivity contribution in [3.8, 4) is 11.6 Å². The predicted octanol–water partition coefficient (Wildman–Crippen LogP) is 3.91. The molecule has 224 valence electrons. The van der Waals surface area contributed by atoms with Gasteiger partial charge in [-0.05, 0) is 64.7 Å². The summed E-state index contributed by atoms with van der Waals surface area (Å²) in [7, 11) is 1.58. The number of aromatic nitrogens is 3. The van der Waals surface area contributed by atoms with Gasteiger partial charge in [-0.25, -0.2) is 9.97 Å². The maximum absolute atomic E-state index is 12.9. The van der Waals surface area contributed by atoms with Gasteiger partial charge in [-0.15, -0.1) is 0 Å². The Hall–Kier alpha value is -3.54. The minimum atomic E-state index is -0.564. The van der Waals surface area contributed by atoms with E-state index >= 15 is 0 Å². The summed E-state index contributed by atoms with van der Waals surface area (Å²) < 4.78 is 16.4.